The van der Waals surface area contributed by atoms with Crippen LogP contribution >= 0.6 is 23.2 Å². The standard InChI is InChI=1S/C18H21Cl2N3O2/c1-13(18(24)21-16-6-2-5-15(19)17(16)20)23-9-7-22(8-10-23)12-14-4-3-11-25-14/h2-6,11,13H,7-10,12H2,1H3,(H,21,24)/t13-/m1/s1. The second-order valence-corrected chi connectivity index (χ2v) is 6.94. The van der Waals surface area contributed by atoms with Crippen LogP contribution in [-0.2, 0) is 11.3 Å². The van der Waals surface area contributed by atoms with Gasteiger partial charge in [-0.2, -0.15) is 0 Å². The molecule has 1 aliphatic rings. The fourth-order valence-corrected chi connectivity index (χ4v) is 3.28. The molecular formula is C18H21Cl2N3O2. The van der Waals surface area contributed by atoms with E-state index in [4.69, 9.17) is 27.6 Å². The number of anilines is 1. The van der Waals surface area contributed by atoms with Gasteiger partial charge in [-0.1, -0.05) is 29.3 Å². The number of hydrogen-bond donors (Lipinski definition) is 1. The zero-order valence-corrected chi connectivity index (χ0v) is 15.6. The predicted octanol–water partition coefficient (Wildman–Crippen LogP) is 3.73. The molecule has 0 aliphatic carbocycles. The van der Waals surface area contributed by atoms with Gasteiger partial charge >= 0.3 is 0 Å². The predicted molar refractivity (Wildman–Crippen MR) is 100 cm³/mol. The smallest absolute Gasteiger partial charge is 0.241 e. The van der Waals surface area contributed by atoms with Crippen molar-refractivity contribution in [2.45, 2.75) is 19.5 Å². The molecule has 2 aromatic rings. The Bertz CT molecular complexity index is 713. The monoisotopic (exact) mass is 381 g/mol. The van der Waals surface area contributed by atoms with Crippen molar-refractivity contribution in [2.24, 2.45) is 0 Å². The van der Waals surface area contributed by atoms with Crippen molar-refractivity contribution in [3.8, 4) is 0 Å². The average molecular weight is 382 g/mol. The zero-order chi connectivity index (χ0) is 17.8. The van der Waals surface area contributed by atoms with Crippen LogP contribution in [0, 0.1) is 0 Å². The first-order valence-corrected chi connectivity index (χ1v) is 9.04. The third-order valence-corrected chi connectivity index (χ3v) is 5.32. The minimum absolute atomic E-state index is 0.0800. The molecule has 25 heavy (non-hydrogen) atoms. The Balaban J connectivity index is 1.52. The maximum absolute atomic E-state index is 12.5. The highest BCUT2D eigenvalue weighted by atomic mass is 35.5. The Hall–Kier alpha value is -1.53. The molecule has 1 aliphatic heterocycles. The van der Waals surface area contributed by atoms with Gasteiger partial charge < -0.3 is 9.73 Å². The number of carbonyl (C=O) groups excluding carboxylic acids is 1. The lowest BCUT2D eigenvalue weighted by Gasteiger charge is -2.37. The minimum atomic E-state index is -0.235. The number of halogens is 2. The normalized spacial score (nSPS) is 17.4. The summed E-state index contributed by atoms with van der Waals surface area (Å²) < 4.78 is 5.39. The van der Waals surface area contributed by atoms with Crippen LogP contribution in [0.2, 0.25) is 10.0 Å². The van der Waals surface area contributed by atoms with Gasteiger partial charge in [-0.15, -0.1) is 0 Å². The van der Waals surface area contributed by atoms with Gasteiger partial charge in [0.15, 0.2) is 0 Å². The molecule has 0 radical (unpaired) electrons. The van der Waals surface area contributed by atoms with Crippen LogP contribution in [0.15, 0.2) is 41.0 Å². The van der Waals surface area contributed by atoms with E-state index in [0.29, 0.717) is 15.7 Å². The molecule has 1 fully saturated rings. The number of furan rings is 1. The molecule has 1 amide bonds. The first kappa shape index (κ1) is 18.3. The van der Waals surface area contributed by atoms with E-state index in [-0.39, 0.29) is 11.9 Å². The molecular weight excluding hydrogens is 361 g/mol. The molecule has 7 heteroatoms. The number of amides is 1. The third kappa shape index (κ3) is 4.55. The molecule has 1 atom stereocenters. The van der Waals surface area contributed by atoms with Crippen LogP contribution in [0.25, 0.3) is 0 Å². The van der Waals surface area contributed by atoms with Crippen molar-refractivity contribution < 1.29 is 9.21 Å². The molecule has 1 saturated heterocycles. The Morgan fingerprint density at radius 3 is 2.64 bits per heavy atom. The summed E-state index contributed by atoms with van der Waals surface area (Å²) in [4.78, 5) is 17.0. The zero-order valence-electron chi connectivity index (χ0n) is 14.0. The highest BCUT2D eigenvalue weighted by Crippen LogP contribution is 2.29. The van der Waals surface area contributed by atoms with E-state index in [1.54, 1.807) is 24.5 Å². The largest absolute Gasteiger partial charge is 0.468 e. The van der Waals surface area contributed by atoms with Crippen molar-refractivity contribution >= 4 is 34.8 Å². The fourth-order valence-electron chi connectivity index (χ4n) is 2.94. The first-order chi connectivity index (χ1) is 12.0. The quantitative estimate of drug-likeness (QED) is 0.856. The maximum atomic E-state index is 12.5. The maximum Gasteiger partial charge on any atom is 0.241 e. The second kappa shape index (κ2) is 8.23. The Morgan fingerprint density at radius 1 is 1.20 bits per heavy atom. The van der Waals surface area contributed by atoms with Crippen molar-refractivity contribution in [2.75, 3.05) is 31.5 Å². The molecule has 1 aromatic carbocycles. The number of rotatable bonds is 5. The summed E-state index contributed by atoms with van der Waals surface area (Å²) in [7, 11) is 0. The Labute approximate surface area is 157 Å². The molecule has 134 valence electrons. The number of nitrogens with one attached hydrogen (secondary N) is 1. The highest BCUT2D eigenvalue weighted by Gasteiger charge is 2.26. The first-order valence-electron chi connectivity index (χ1n) is 8.28. The Kier molecular flexibility index (Phi) is 6.02. The molecule has 3 rings (SSSR count). The van der Waals surface area contributed by atoms with E-state index in [1.165, 1.54) is 0 Å². The topological polar surface area (TPSA) is 48.7 Å². The van der Waals surface area contributed by atoms with E-state index >= 15 is 0 Å². The van der Waals surface area contributed by atoms with Gasteiger partial charge in [0.25, 0.3) is 0 Å². The average Bonchev–Trinajstić information content (AvgIpc) is 3.12. The number of nitrogens with zero attached hydrogens (tertiary/aromatic N) is 2. The second-order valence-electron chi connectivity index (χ2n) is 6.16. The fraction of sp³-hybridized carbons (Fsp3) is 0.389. The van der Waals surface area contributed by atoms with Crippen LogP contribution in [-0.4, -0.2) is 47.9 Å². The van der Waals surface area contributed by atoms with Crippen LogP contribution in [0.4, 0.5) is 5.69 Å². The number of carbonyl (C=O) groups is 1. The molecule has 0 unspecified atom stereocenters. The minimum Gasteiger partial charge on any atom is -0.468 e. The van der Waals surface area contributed by atoms with Crippen LogP contribution in [0.1, 0.15) is 12.7 Å². The molecule has 0 saturated carbocycles. The summed E-state index contributed by atoms with van der Waals surface area (Å²) >= 11 is 12.1. The van der Waals surface area contributed by atoms with E-state index < -0.39 is 0 Å². The van der Waals surface area contributed by atoms with E-state index in [0.717, 1.165) is 38.5 Å². The molecule has 0 bridgehead atoms. The lowest BCUT2D eigenvalue weighted by Crippen LogP contribution is -2.52. The molecule has 0 spiro atoms. The highest BCUT2D eigenvalue weighted by molar-refractivity contribution is 6.44. The van der Waals surface area contributed by atoms with Crippen molar-refractivity contribution in [3.63, 3.8) is 0 Å². The summed E-state index contributed by atoms with van der Waals surface area (Å²) in [5.41, 5.74) is 0.544. The van der Waals surface area contributed by atoms with Gasteiger partial charge in [-0.25, -0.2) is 0 Å². The van der Waals surface area contributed by atoms with Gasteiger partial charge in [0.2, 0.25) is 5.91 Å². The third-order valence-electron chi connectivity index (χ3n) is 4.50. The lowest BCUT2D eigenvalue weighted by molar-refractivity contribution is -0.121. The number of benzene rings is 1. The summed E-state index contributed by atoms with van der Waals surface area (Å²) in [6.45, 7) is 6.18. The summed E-state index contributed by atoms with van der Waals surface area (Å²) in [6.07, 6.45) is 1.69. The lowest BCUT2D eigenvalue weighted by atomic mass is 10.2. The molecule has 1 aromatic heterocycles. The van der Waals surface area contributed by atoms with E-state index in [9.17, 15) is 4.79 Å². The van der Waals surface area contributed by atoms with Crippen LogP contribution < -0.4 is 5.32 Å². The molecule has 2 heterocycles. The molecule has 5 nitrogen and oxygen atoms in total. The summed E-state index contributed by atoms with van der Waals surface area (Å²) in [5.74, 6) is 0.887. The summed E-state index contributed by atoms with van der Waals surface area (Å²) in [6, 6.07) is 8.86. The summed E-state index contributed by atoms with van der Waals surface area (Å²) in [5, 5.41) is 3.67. The van der Waals surface area contributed by atoms with Gasteiger partial charge in [0, 0.05) is 26.2 Å². The number of piperazine rings is 1. The van der Waals surface area contributed by atoms with Crippen molar-refractivity contribution in [1.82, 2.24) is 9.80 Å². The SMILES string of the molecule is C[C@H](C(=O)Nc1cccc(Cl)c1Cl)N1CCN(Cc2ccco2)CC1. The van der Waals surface area contributed by atoms with E-state index in [2.05, 4.69) is 15.1 Å². The van der Waals surface area contributed by atoms with Crippen LogP contribution in [0.5, 0.6) is 0 Å². The van der Waals surface area contributed by atoms with E-state index in [1.807, 2.05) is 19.1 Å². The van der Waals surface area contributed by atoms with Crippen molar-refractivity contribution in [1.29, 1.82) is 0 Å². The van der Waals surface area contributed by atoms with Crippen molar-refractivity contribution in [3.05, 3.63) is 52.4 Å². The van der Waals surface area contributed by atoms with Crippen LogP contribution in [0.3, 0.4) is 0 Å². The van der Waals surface area contributed by atoms with Gasteiger partial charge in [-0.05, 0) is 31.2 Å². The Morgan fingerprint density at radius 2 is 1.96 bits per heavy atom. The van der Waals surface area contributed by atoms with Gasteiger partial charge in [0.1, 0.15) is 5.76 Å². The van der Waals surface area contributed by atoms with Gasteiger partial charge in [-0.3, -0.25) is 14.6 Å². The van der Waals surface area contributed by atoms with Gasteiger partial charge in [0.05, 0.1) is 34.6 Å². The molecule has 1 N–H and O–H groups in total. The number of hydrogen-bond acceptors (Lipinski definition) is 4.